The van der Waals surface area contributed by atoms with Gasteiger partial charge in [-0.1, -0.05) is 6.92 Å². The van der Waals surface area contributed by atoms with Crippen molar-refractivity contribution in [3.8, 4) is 0 Å². The van der Waals surface area contributed by atoms with Crippen LogP contribution in [-0.4, -0.2) is 45.6 Å². The summed E-state index contributed by atoms with van der Waals surface area (Å²) >= 11 is 2.87. The minimum absolute atomic E-state index is 0.130. The Bertz CT molecular complexity index is 603. The maximum atomic E-state index is 11.6. The van der Waals surface area contributed by atoms with Crippen molar-refractivity contribution in [3.05, 3.63) is 11.6 Å². The van der Waals surface area contributed by atoms with Crippen molar-refractivity contribution in [1.82, 2.24) is 9.62 Å². The summed E-state index contributed by atoms with van der Waals surface area (Å²) in [6.07, 6.45) is 1.15. The summed E-state index contributed by atoms with van der Waals surface area (Å²) in [5, 5.41) is 8.68. The molecule has 0 aliphatic carbocycles. The maximum Gasteiger partial charge on any atom is 0.247 e. The zero-order valence-electron chi connectivity index (χ0n) is 13.0. The SMILES string of the molecule is CCNC1CN(CC[C@@H](C)OC)Sc2sc(S(N)(=O)=O)cc21. The quantitative estimate of drug-likeness (QED) is 0.717. The van der Waals surface area contributed by atoms with Crippen molar-refractivity contribution in [2.24, 2.45) is 5.14 Å². The number of nitrogens with one attached hydrogen (secondary N) is 1. The van der Waals surface area contributed by atoms with E-state index in [1.807, 2.05) is 13.8 Å². The summed E-state index contributed by atoms with van der Waals surface area (Å²) in [5.74, 6) is 0. The number of fused-ring (bicyclic) bond motifs is 1. The molecular formula is C13H23N3O3S3. The molecule has 0 saturated carbocycles. The molecule has 0 radical (unpaired) electrons. The topological polar surface area (TPSA) is 84.7 Å². The van der Waals surface area contributed by atoms with Crippen LogP contribution in [0, 0.1) is 0 Å². The molecule has 1 aromatic heterocycles. The molecule has 1 aliphatic heterocycles. The number of primary sulfonamides is 1. The van der Waals surface area contributed by atoms with Crippen LogP contribution in [0.3, 0.4) is 0 Å². The fourth-order valence-electron chi connectivity index (χ4n) is 2.28. The standard InChI is InChI=1S/C13H23N3O3S3/c1-4-15-11-8-16(6-5-9(2)19-3)21-13-10(11)7-12(20-13)22(14,17)18/h7,9,11,15H,4-6,8H2,1-3H3,(H2,14,17,18)/t9-,11?/m1/s1. The first-order valence-electron chi connectivity index (χ1n) is 7.20. The molecule has 9 heteroatoms. The maximum absolute atomic E-state index is 11.6. The third kappa shape index (κ3) is 4.44. The molecule has 2 heterocycles. The fourth-order valence-corrected chi connectivity index (χ4v) is 5.83. The highest BCUT2D eigenvalue weighted by Gasteiger charge is 2.30. The first kappa shape index (κ1) is 18.2. The van der Waals surface area contributed by atoms with E-state index in [0.717, 1.165) is 35.8 Å². The van der Waals surface area contributed by atoms with Gasteiger partial charge < -0.3 is 10.1 Å². The molecule has 1 unspecified atom stereocenters. The lowest BCUT2D eigenvalue weighted by atomic mass is 10.1. The lowest BCUT2D eigenvalue weighted by Crippen LogP contribution is -2.35. The second kappa shape index (κ2) is 7.61. The number of nitrogens with two attached hydrogens (primary N) is 1. The number of hydrogen-bond donors (Lipinski definition) is 2. The van der Waals surface area contributed by atoms with Crippen LogP contribution in [0.4, 0.5) is 0 Å². The molecular weight excluding hydrogens is 342 g/mol. The van der Waals surface area contributed by atoms with Gasteiger partial charge in [0.05, 0.1) is 10.3 Å². The van der Waals surface area contributed by atoms with E-state index in [9.17, 15) is 8.42 Å². The van der Waals surface area contributed by atoms with Gasteiger partial charge in [-0.15, -0.1) is 11.3 Å². The third-order valence-corrected chi connectivity index (χ3v) is 7.43. The van der Waals surface area contributed by atoms with E-state index in [0.29, 0.717) is 0 Å². The van der Waals surface area contributed by atoms with Crippen LogP contribution in [0.5, 0.6) is 0 Å². The molecule has 22 heavy (non-hydrogen) atoms. The number of sulfonamides is 1. The lowest BCUT2D eigenvalue weighted by Gasteiger charge is -2.32. The smallest absolute Gasteiger partial charge is 0.247 e. The molecule has 0 aromatic carbocycles. The van der Waals surface area contributed by atoms with Crippen LogP contribution in [-0.2, 0) is 14.8 Å². The fraction of sp³-hybridized carbons (Fsp3) is 0.692. The Hall–Kier alpha value is -0.160. The van der Waals surface area contributed by atoms with Crippen molar-refractivity contribution in [2.75, 3.05) is 26.7 Å². The van der Waals surface area contributed by atoms with Gasteiger partial charge >= 0.3 is 0 Å². The predicted molar refractivity (Wildman–Crippen MR) is 90.6 cm³/mol. The van der Waals surface area contributed by atoms with Gasteiger partial charge in [-0.05, 0) is 43.5 Å². The van der Waals surface area contributed by atoms with Gasteiger partial charge in [0, 0.05) is 26.2 Å². The molecule has 2 atom stereocenters. The van der Waals surface area contributed by atoms with Gasteiger partial charge in [0.2, 0.25) is 10.0 Å². The zero-order valence-corrected chi connectivity index (χ0v) is 15.5. The Kier molecular flexibility index (Phi) is 6.29. The highest BCUT2D eigenvalue weighted by Crippen LogP contribution is 2.43. The molecule has 1 aromatic rings. The zero-order chi connectivity index (χ0) is 16.3. The Morgan fingerprint density at radius 3 is 2.91 bits per heavy atom. The summed E-state index contributed by atoms with van der Waals surface area (Å²) < 4.78 is 31.9. The number of hydrogen-bond acceptors (Lipinski definition) is 7. The number of nitrogens with zero attached hydrogens (tertiary/aromatic N) is 1. The van der Waals surface area contributed by atoms with E-state index >= 15 is 0 Å². The number of ether oxygens (including phenoxy) is 1. The normalized spacial score (nSPS) is 20.8. The molecule has 1 aliphatic rings. The summed E-state index contributed by atoms with van der Waals surface area (Å²) in [7, 11) is -1.93. The predicted octanol–water partition coefficient (Wildman–Crippen LogP) is 1.79. The monoisotopic (exact) mass is 365 g/mol. The van der Waals surface area contributed by atoms with E-state index in [2.05, 4.69) is 9.62 Å². The minimum atomic E-state index is -3.64. The number of methoxy groups -OCH3 is 1. The minimum Gasteiger partial charge on any atom is -0.382 e. The highest BCUT2D eigenvalue weighted by atomic mass is 32.3. The number of thiophene rings is 1. The van der Waals surface area contributed by atoms with Gasteiger partial charge in [-0.3, -0.25) is 0 Å². The van der Waals surface area contributed by atoms with Crippen LogP contribution in [0.25, 0.3) is 0 Å². The second-order valence-electron chi connectivity index (χ2n) is 5.28. The Balaban J connectivity index is 2.18. The van der Waals surface area contributed by atoms with Gasteiger partial charge in [0.15, 0.2) is 0 Å². The summed E-state index contributed by atoms with van der Waals surface area (Å²) in [6, 6.07) is 1.84. The van der Waals surface area contributed by atoms with Gasteiger partial charge in [-0.2, -0.15) is 0 Å². The molecule has 0 spiro atoms. The van der Waals surface area contributed by atoms with Crippen LogP contribution < -0.4 is 10.5 Å². The van der Waals surface area contributed by atoms with Crippen LogP contribution in [0.15, 0.2) is 14.5 Å². The first-order chi connectivity index (χ1) is 10.3. The van der Waals surface area contributed by atoms with Crippen molar-refractivity contribution in [3.63, 3.8) is 0 Å². The van der Waals surface area contributed by atoms with Gasteiger partial charge in [0.25, 0.3) is 0 Å². The second-order valence-corrected chi connectivity index (χ2v) is 9.48. The Labute approximate surface area is 140 Å². The van der Waals surface area contributed by atoms with E-state index in [4.69, 9.17) is 9.88 Å². The van der Waals surface area contributed by atoms with E-state index < -0.39 is 10.0 Å². The third-order valence-electron chi connectivity index (χ3n) is 3.59. The summed E-state index contributed by atoms with van der Waals surface area (Å²) in [4.78, 5) is 0. The lowest BCUT2D eigenvalue weighted by molar-refractivity contribution is 0.105. The first-order valence-corrected chi connectivity index (χ1v) is 10.3. The molecule has 0 fully saturated rings. The van der Waals surface area contributed by atoms with Crippen molar-refractivity contribution in [1.29, 1.82) is 0 Å². The molecule has 0 bridgehead atoms. The van der Waals surface area contributed by atoms with Crippen LogP contribution >= 0.6 is 23.3 Å². The molecule has 126 valence electrons. The van der Waals surface area contributed by atoms with Gasteiger partial charge in [0.1, 0.15) is 4.21 Å². The molecule has 2 rings (SSSR count). The average Bonchev–Trinajstić information content (AvgIpc) is 2.89. The van der Waals surface area contributed by atoms with Crippen molar-refractivity contribution in [2.45, 2.75) is 40.8 Å². The molecule has 0 saturated heterocycles. The molecule has 6 nitrogen and oxygen atoms in total. The van der Waals surface area contributed by atoms with Crippen LogP contribution in [0.1, 0.15) is 31.9 Å². The largest absolute Gasteiger partial charge is 0.382 e. The van der Waals surface area contributed by atoms with Crippen LogP contribution in [0.2, 0.25) is 0 Å². The Morgan fingerprint density at radius 2 is 2.32 bits per heavy atom. The van der Waals surface area contributed by atoms with E-state index in [1.165, 1.54) is 11.3 Å². The van der Waals surface area contributed by atoms with E-state index in [1.54, 1.807) is 25.1 Å². The number of likely N-dealkylation sites (N-methyl/N-ethyl adjacent to an activating group) is 1. The number of rotatable bonds is 7. The van der Waals surface area contributed by atoms with Crippen molar-refractivity contribution >= 4 is 33.3 Å². The van der Waals surface area contributed by atoms with E-state index in [-0.39, 0.29) is 16.4 Å². The molecule has 0 amide bonds. The Morgan fingerprint density at radius 1 is 1.59 bits per heavy atom. The van der Waals surface area contributed by atoms with Gasteiger partial charge in [-0.25, -0.2) is 17.9 Å². The highest BCUT2D eigenvalue weighted by molar-refractivity contribution is 7.99. The summed E-state index contributed by atoms with van der Waals surface area (Å²) in [5.41, 5.74) is 1.04. The van der Waals surface area contributed by atoms with Crippen molar-refractivity contribution < 1.29 is 13.2 Å². The molecule has 3 N–H and O–H groups in total. The summed E-state index contributed by atoms with van der Waals surface area (Å²) in [6.45, 7) is 6.65. The average molecular weight is 366 g/mol.